The molecule has 1 saturated heterocycles. The smallest absolute Gasteiger partial charge is 0.210 e. The monoisotopic (exact) mass is 373 g/mol. The molecular formula is C19H19NO5S. The van der Waals surface area contributed by atoms with Gasteiger partial charge < -0.3 is 19.5 Å². The van der Waals surface area contributed by atoms with Crippen molar-refractivity contribution >= 4 is 9.84 Å². The van der Waals surface area contributed by atoms with Gasteiger partial charge in [0.15, 0.2) is 11.5 Å². The molecule has 3 aliphatic rings. The van der Waals surface area contributed by atoms with Crippen LogP contribution in [-0.2, 0) is 9.84 Å². The minimum absolute atomic E-state index is 0.00429. The molecule has 0 radical (unpaired) electrons. The number of benzene rings is 2. The highest BCUT2D eigenvalue weighted by Gasteiger charge is 2.39. The summed E-state index contributed by atoms with van der Waals surface area (Å²) in [5, 5.41) is 3.31. The molecule has 2 aromatic rings. The zero-order valence-electron chi connectivity index (χ0n) is 14.1. The topological polar surface area (TPSA) is 73.9 Å². The van der Waals surface area contributed by atoms with Crippen LogP contribution in [0, 0.1) is 0 Å². The van der Waals surface area contributed by atoms with E-state index in [9.17, 15) is 8.42 Å². The fraction of sp³-hybridized carbons (Fsp3) is 0.368. The van der Waals surface area contributed by atoms with E-state index >= 15 is 0 Å². The van der Waals surface area contributed by atoms with Gasteiger partial charge in [-0.3, -0.25) is 0 Å². The molecular weight excluding hydrogens is 354 g/mol. The molecule has 136 valence electrons. The molecule has 0 aliphatic carbocycles. The van der Waals surface area contributed by atoms with Crippen LogP contribution in [0.5, 0.6) is 17.2 Å². The normalized spacial score (nSPS) is 23.7. The lowest BCUT2D eigenvalue weighted by Crippen LogP contribution is -2.39. The van der Waals surface area contributed by atoms with Crippen LogP contribution in [0.1, 0.15) is 17.9 Å². The highest BCUT2D eigenvalue weighted by atomic mass is 32.2. The Hall–Kier alpha value is -2.25. The molecule has 3 aliphatic heterocycles. The summed E-state index contributed by atoms with van der Waals surface area (Å²) in [4.78, 5) is 0.410. The predicted molar refractivity (Wildman–Crippen MR) is 94.0 cm³/mol. The Bertz CT molecular complexity index is 972. The molecule has 2 atom stereocenters. The van der Waals surface area contributed by atoms with E-state index in [1.165, 1.54) is 6.07 Å². The van der Waals surface area contributed by atoms with E-state index in [0.29, 0.717) is 30.5 Å². The summed E-state index contributed by atoms with van der Waals surface area (Å²) in [6.07, 6.45) is 0.945. The average Bonchev–Trinajstić information content (AvgIpc) is 3.06. The van der Waals surface area contributed by atoms with E-state index in [1.54, 1.807) is 24.3 Å². The maximum atomic E-state index is 13.3. The second kappa shape index (κ2) is 5.89. The Balaban J connectivity index is 1.59. The first-order valence-corrected chi connectivity index (χ1v) is 10.3. The Morgan fingerprint density at radius 3 is 2.77 bits per heavy atom. The fourth-order valence-corrected chi connectivity index (χ4v) is 5.37. The summed E-state index contributed by atoms with van der Waals surface area (Å²) in [5.74, 6) is 1.79. The number of hydrogen-bond donors (Lipinski definition) is 1. The van der Waals surface area contributed by atoms with E-state index in [0.717, 1.165) is 25.1 Å². The molecule has 5 rings (SSSR count). The van der Waals surface area contributed by atoms with E-state index in [2.05, 4.69) is 5.32 Å². The zero-order chi connectivity index (χ0) is 17.7. The molecule has 26 heavy (non-hydrogen) atoms. The lowest BCUT2D eigenvalue weighted by molar-refractivity contribution is 0.171. The summed E-state index contributed by atoms with van der Waals surface area (Å²) in [7, 11) is -3.72. The highest BCUT2D eigenvalue weighted by Crippen LogP contribution is 2.46. The third-order valence-corrected chi connectivity index (χ3v) is 6.99. The number of nitrogens with one attached hydrogen (secondary N) is 1. The maximum absolute atomic E-state index is 13.3. The van der Waals surface area contributed by atoms with Gasteiger partial charge in [0.1, 0.15) is 30.0 Å². The van der Waals surface area contributed by atoms with Crippen molar-refractivity contribution in [2.45, 2.75) is 28.2 Å². The first-order chi connectivity index (χ1) is 12.6. The number of piperidine rings is 1. The van der Waals surface area contributed by atoms with Crippen LogP contribution < -0.4 is 19.5 Å². The molecule has 2 unspecified atom stereocenters. The Kier molecular flexibility index (Phi) is 3.62. The van der Waals surface area contributed by atoms with Gasteiger partial charge in [-0.05, 0) is 31.2 Å². The third kappa shape index (κ3) is 2.38. The largest absolute Gasteiger partial charge is 0.487 e. The summed E-state index contributed by atoms with van der Waals surface area (Å²) < 4.78 is 43.7. The second-order valence-corrected chi connectivity index (χ2v) is 8.66. The van der Waals surface area contributed by atoms with Gasteiger partial charge in [-0.2, -0.15) is 0 Å². The Morgan fingerprint density at radius 1 is 1.04 bits per heavy atom. The minimum atomic E-state index is -3.72. The number of rotatable bonds is 2. The molecule has 7 heteroatoms. The van der Waals surface area contributed by atoms with Crippen LogP contribution >= 0.6 is 0 Å². The van der Waals surface area contributed by atoms with Crippen LogP contribution in [0.15, 0.2) is 46.2 Å². The summed E-state index contributed by atoms with van der Waals surface area (Å²) in [5.41, 5.74) is 0.995. The Morgan fingerprint density at radius 2 is 1.88 bits per heavy atom. The first-order valence-electron chi connectivity index (χ1n) is 8.79. The molecule has 3 heterocycles. The minimum Gasteiger partial charge on any atom is -0.487 e. The number of hydrogen-bond acceptors (Lipinski definition) is 6. The van der Waals surface area contributed by atoms with Gasteiger partial charge in [0.25, 0.3) is 0 Å². The molecule has 0 spiro atoms. The lowest BCUT2D eigenvalue weighted by Gasteiger charge is -2.24. The molecule has 0 amide bonds. The number of fused-ring (bicyclic) bond motifs is 4. The zero-order valence-corrected chi connectivity index (χ0v) is 14.9. The Labute approximate surface area is 152 Å². The van der Waals surface area contributed by atoms with Crippen molar-refractivity contribution in [1.82, 2.24) is 5.32 Å². The van der Waals surface area contributed by atoms with Crippen LogP contribution in [0.4, 0.5) is 0 Å². The standard InChI is InChI=1S/C19H19NO5S/c21-26(22,12-4-5-15-16(10-12)24-9-8-23-15)18-3-1-2-14-13-6-7-20-11-17(13)25-19(14)18/h1-5,10,13,17,20H,6-9,11H2. The lowest BCUT2D eigenvalue weighted by atomic mass is 9.90. The maximum Gasteiger partial charge on any atom is 0.210 e. The van der Waals surface area contributed by atoms with Gasteiger partial charge in [0.2, 0.25) is 9.84 Å². The van der Waals surface area contributed by atoms with E-state index in [1.807, 2.05) is 6.07 Å². The van der Waals surface area contributed by atoms with Crippen LogP contribution in [0.3, 0.4) is 0 Å². The predicted octanol–water partition coefficient (Wildman–Crippen LogP) is 2.13. The summed E-state index contributed by atoms with van der Waals surface area (Å²) in [6, 6.07) is 10.1. The van der Waals surface area contributed by atoms with Crippen molar-refractivity contribution in [2.75, 3.05) is 26.3 Å². The molecule has 1 N–H and O–H groups in total. The van der Waals surface area contributed by atoms with Crippen LogP contribution in [0.25, 0.3) is 0 Å². The van der Waals surface area contributed by atoms with Crippen LogP contribution in [-0.4, -0.2) is 40.8 Å². The number of sulfone groups is 1. The van der Waals surface area contributed by atoms with Gasteiger partial charge in [-0.15, -0.1) is 0 Å². The van der Waals surface area contributed by atoms with Crippen molar-refractivity contribution in [2.24, 2.45) is 0 Å². The van der Waals surface area contributed by atoms with E-state index in [-0.39, 0.29) is 21.8 Å². The van der Waals surface area contributed by atoms with Crippen molar-refractivity contribution in [3.05, 3.63) is 42.0 Å². The second-order valence-electron chi connectivity index (χ2n) is 6.74. The molecule has 0 aromatic heterocycles. The van der Waals surface area contributed by atoms with Crippen molar-refractivity contribution in [1.29, 1.82) is 0 Å². The van der Waals surface area contributed by atoms with E-state index in [4.69, 9.17) is 14.2 Å². The van der Waals surface area contributed by atoms with Crippen molar-refractivity contribution in [3.8, 4) is 17.2 Å². The summed E-state index contributed by atoms with van der Waals surface area (Å²) >= 11 is 0. The van der Waals surface area contributed by atoms with Gasteiger partial charge in [0, 0.05) is 24.1 Å². The van der Waals surface area contributed by atoms with Gasteiger partial charge >= 0.3 is 0 Å². The number of ether oxygens (including phenoxy) is 3. The van der Waals surface area contributed by atoms with Gasteiger partial charge in [-0.25, -0.2) is 8.42 Å². The number of para-hydroxylation sites is 1. The van der Waals surface area contributed by atoms with Gasteiger partial charge in [0.05, 0.1) is 4.90 Å². The summed E-state index contributed by atoms with van der Waals surface area (Å²) in [6.45, 7) is 2.54. The fourth-order valence-electron chi connectivity index (χ4n) is 3.94. The molecule has 0 bridgehead atoms. The van der Waals surface area contributed by atoms with Crippen LogP contribution in [0.2, 0.25) is 0 Å². The van der Waals surface area contributed by atoms with E-state index < -0.39 is 9.84 Å². The molecule has 0 saturated carbocycles. The molecule has 2 aromatic carbocycles. The average molecular weight is 373 g/mol. The third-order valence-electron chi connectivity index (χ3n) is 5.22. The quantitative estimate of drug-likeness (QED) is 0.869. The molecule has 1 fully saturated rings. The first kappa shape index (κ1) is 16.0. The van der Waals surface area contributed by atoms with Crippen molar-refractivity contribution < 1.29 is 22.6 Å². The highest BCUT2D eigenvalue weighted by molar-refractivity contribution is 7.91. The SMILES string of the molecule is O=S(=O)(c1ccc2c(c1)OCCO2)c1cccc2c1OC1CNCCC21. The molecule has 6 nitrogen and oxygen atoms in total. The van der Waals surface area contributed by atoms with Crippen molar-refractivity contribution in [3.63, 3.8) is 0 Å². The van der Waals surface area contributed by atoms with Gasteiger partial charge in [-0.1, -0.05) is 12.1 Å².